The Kier molecular flexibility index (Phi) is 5.78. The van der Waals surface area contributed by atoms with Crippen molar-refractivity contribution in [2.24, 2.45) is 0 Å². The number of benzene rings is 2. The Morgan fingerprint density at radius 1 is 1.13 bits per heavy atom. The van der Waals surface area contributed by atoms with Crippen LogP contribution in [0.4, 0.5) is 0 Å². The van der Waals surface area contributed by atoms with Gasteiger partial charge in [0, 0.05) is 0 Å². The van der Waals surface area contributed by atoms with Gasteiger partial charge >= 0.3 is 0 Å². The molecule has 0 amide bonds. The fraction of sp³-hybridized carbons (Fsp3) is 0.333. The van der Waals surface area contributed by atoms with Crippen molar-refractivity contribution in [1.29, 1.82) is 0 Å². The molecule has 0 fully saturated rings. The summed E-state index contributed by atoms with van der Waals surface area (Å²) in [5.74, 6) is 0. The number of rotatable bonds is 6. The lowest BCUT2D eigenvalue weighted by molar-refractivity contribution is 0.483. The van der Waals surface area contributed by atoms with E-state index in [0.717, 1.165) is 35.2 Å². The monoisotopic (exact) mass is 346 g/mol. The van der Waals surface area contributed by atoms with Crippen LogP contribution in [-0.2, 0) is 23.0 Å². The van der Waals surface area contributed by atoms with Crippen molar-refractivity contribution in [1.82, 2.24) is 0 Å². The molecule has 5 heteroatoms. The maximum atomic E-state index is 11.8. The first-order valence-electron chi connectivity index (χ1n) is 7.73. The van der Waals surface area contributed by atoms with Crippen molar-refractivity contribution in [3.8, 4) is 0 Å². The Hall–Kier alpha value is -1.43. The van der Waals surface area contributed by atoms with Gasteiger partial charge in [0.25, 0.3) is 10.1 Å². The highest BCUT2D eigenvalue weighted by molar-refractivity contribution is 7.86. The summed E-state index contributed by atoms with van der Waals surface area (Å²) in [6.07, 6.45) is 1.76. The Balaban J connectivity index is 2.32. The topological polar surface area (TPSA) is 54.4 Å². The highest BCUT2D eigenvalue weighted by Gasteiger charge is 2.20. The van der Waals surface area contributed by atoms with Gasteiger partial charge in [-0.25, -0.2) is 0 Å². The standard InChI is InChI=1S/C18H22O3SSi/c1-4-16-13(2)12-17(22(19,20)21)18(14(16)3)23-11-10-15-8-6-5-7-9-15/h5-9,12H,4,10-11H2,1-3H3,(H,19,20,21). The summed E-state index contributed by atoms with van der Waals surface area (Å²) in [4.78, 5) is 0.0797. The predicted octanol–water partition coefficient (Wildman–Crippen LogP) is 3.10. The number of hydrogen-bond donors (Lipinski definition) is 1. The first-order valence-corrected chi connectivity index (χ1v) is 10.4. The van der Waals surface area contributed by atoms with Crippen molar-refractivity contribution in [2.75, 3.05) is 0 Å². The Morgan fingerprint density at radius 2 is 1.78 bits per heavy atom. The van der Waals surface area contributed by atoms with E-state index in [0.29, 0.717) is 9.52 Å². The summed E-state index contributed by atoms with van der Waals surface area (Å²) in [6, 6.07) is 12.6. The van der Waals surface area contributed by atoms with E-state index in [1.54, 1.807) is 6.07 Å². The molecule has 0 aliphatic heterocycles. The van der Waals surface area contributed by atoms with Gasteiger partial charge in [0.2, 0.25) is 0 Å². The molecule has 122 valence electrons. The van der Waals surface area contributed by atoms with Gasteiger partial charge < -0.3 is 0 Å². The number of hydrogen-bond acceptors (Lipinski definition) is 2. The summed E-state index contributed by atoms with van der Waals surface area (Å²) in [6.45, 7) is 5.93. The second kappa shape index (κ2) is 7.42. The molecule has 1 N–H and O–H groups in total. The van der Waals surface area contributed by atoms with E-state index in [-0.39, 0.29) is 4.90 Å². The fourth-order valence-corrected chi connectivity index (χ4v) is 5.60. The molecule has 23 heavy (non-hydrogen) atoms. The van der Waals surface area contributed by atoms with E-state index < -0.39 is 10.1 Å². The molecule has 0 bridgehead atoms. The lowest BCUT2D eigenvalue weighted by Crippen LogP contribution is -2.27. The summed E-state index contributed by atoms with van der Waals surface area (Å²) >= 11 is 0. The van der Waals surface area contributed by atoms with E-state index in [2.05, 4.69) is 19.1 Å². The molecule has 0 atom stereocenters. The maximum absolute atomic E-state index is 11.8. The summed E-state index contributed by atoms with van der Waals surface area (Å²) in [5, 5.41) is 0.783. The largest absolute Gasteiger partial charge is 0.294 e. The molecule has 0 aliphatic carbocycles. The Labute approximate surface area is 141 Å². The van der Waals surface area contributed by atoms with Gasteiger partial charge in [-0.1, -0.05) is 43.3 Å². The van der Waals surface area contributed by atoms with E-state index in [1.807, 2.05) is 32.0 Å². The minimum absolute atomic E-state index is 0.0797. The van der Waals surface area contributed by atoms with Crippen molar-refractivity contribution in [3.05, 3.63) is 58.7 Å². The van der Waals surface area contributed by atoms with Gasteiger partial charge in [-0.15, -0.1) is 0 Å². The van der Waals surface area contributed by atoms with Crippen LogP contribution in [0.1, 0.15) is 29.2 Å². The van der Waals surface area contributed by atoms with Crippen molar-refractivity contribution >= 4 is 24.8 Å². The summed E-state index contributed by atoms with van der Waals surface area (Å²) < 4.78 is 33.1. The molecule has 0 aromatic heterocycles. The molecule has 0 aliphatic rings. The van der Waals surface area contributed by atoms with Crippen molar-refractivity contribution in [3.63, 3.8) is 0 Å². The molecule has 2 rings (SSSR count). The number of aryl methyl sites for hydroxylation is 2. The zero-order valence-electron chi connectivity index (χ0n) is 13.8. The van der Waals surface area contributed by atoms with E-state index in [9.17, 15) is 13.0 Å². The van der Waals surface area contributed by atoms with Gasteiger partial charge in [-0.05, 0) is 60.2 Å². The average Bonchev–Trinajstić information content (AvgIpc) is 2.49. The van der Waals surface area contributed by atoms with Crippen LogP contribution >= 0.6 is 0 Å². The predicted molar refractivity (Wildman–Crippen MR) is 95.4 cm³/mol. The van der Waals surface area contributed by atoms with Gasteiger partial charge in [-0.2, -0.15) is 8.42 Å². The lowest BCUT2D eigenvalue weighted by Gasteiger charge is -2.16. The highest BCUT2D eigenvalue weighted by Crippen LogP contribution is 2.19. The normalized spacial score (nSPS) is 11.7. The molecule has 0 unspecified atom stereocenters. The minimum atomic E-state index is -4.19. The molecule has 3 nitrogen and oxygen atoms in total. The van der Waals surface area contributed by atoms with Crippen LogP contribution in [0, 0.1) is 13.8 Å². The summed E-state index contributed by atoms with van der Waals surface area (Å²) in [5.41, 5.74) is 4.36. The zero-order chi connectivity index (χ0) is 17.0. The van der Waals surface area contributed by atoms with Gasteiger partial charge in [0.05, 0.1) is 14.4 Å². The van der Waals surface area contributed by atoms with Gasteiger partial charge in [-0.3, -0.25) is 4.55 Å². The zero-order valence-corrected chi connectivity index (χ0v) is 15.6. The second-order valence-electron chi connectivity index (χ2n) is 5.66. The molecule has 2 radical (unpaired) electrons. The SMILES string of the molecule is CCc1c(C)cc(S(=O)(=O)O)c([Si]CCc2ccccc2)c1C. The molecule has 0 spiro atoms. The van der Waals surface area contributed by atoms with Crippen molar-refractivity contribution < 1.29 is 13.0 Å². The van der Waals surface area contributed by atoms with E-state index >= 15 is 0 Å². The second-order valence-corrected chi connectivity index (χ2v) is 8.40. The molecule has 0 heterocycles. The van der Waals surface area contributed by atoms with Gasteiger partial charge in [0.1, 0.15) is 0 Å². The van der Waals surface area contributed by atoms with Gasteiger partial charge in [0.15, 0.2) is 0 Å². The van der Waals surface area contributed by atoms with Crippen LogP contribution in [0.25, 0.3) is 0 Å². The molecule has 0 saturated carbocycles. The van der Waals surface area contributed by atoms with Crippen molar-refractivity contribution in [2.45, 2.75) is 44.6 Å². The minimum Gasteiger partial charge on any atom is -0.282 e. The average molecular weight is 347 g/mol. The molecule has 2 aromatic carbocycles. The smallest absolute Gasteiger partial charge is 0.282 e. The molecule has 2 aromatic rings. The highest BCUT2D eigenvalue weighted by atomic mass is 32.2. The molecular formula is C18H22O3SSi. The van der Waals surface area contributed by atoms with Crippen LogP contribution in [0.5, 0.6) is 0 Å². The summed E-state index contributed by atoms with van der Waals surface area (Å²) in [7, 11) is -3.83. The van der Waals surface area contributed by atoms with Crippen LogP contribution in [-0.4, -0.2) is 22.5 Å². The van der Waals surface area contributed by atoms with E-state index in [1.165, 1.54) is 11.1 Å². The fourth-order valence-electron chi connectivity index (χ4n) is 2.93. The maximum Gasteiger partial charge on any atom is 0.294 e. The third-order valence-corrected chi connectivity index (χ3v) is 6.64. The van der Waals surface area contributed by atoms with Crippen LogP contribution in [0.15, 0.2) is 41.3 Å². The third kappa shape index (κ3) is 4.31. The first-order chi connectivity index (χ1) is 10.8. The van der Waals surface area contributed by atoms with E-state index in [4.69, 9.17) is 0 Å². The van der Waals surface area contributed by atoms with Crippen LogP contribution < -0.4 is 5.19 Å². The lowest BCUT2D eigenvalue weighted by atomic mass is 10.0. The molecular weight excluding hydrogens is 324 g/mol. The Morgan fingerprint density at radius 3 is 2.35 bits per heavy atom. The van der Waals surface area contributed by atoms with Crippen LogP contribution in [0.3, 0.4) is 0 Å². The first kappa shape index (κ1) is 17.9. The quantitative estimate of drug-likeness (QED) is 0.646. The molecule has 0 saturated heterocycles. The third-order valence-electron chi connectivity index (χ3n) is 4.09. The Bertz CT molecular complexity index is 784. The van der Waals surface area contributed by atoms with Crippen LogP contribution in [0.2, 0.25) is 6.04 Å².